The molecule has 2 heterocycles. The molecule has 0 radical (unpaired) electrons. The molecule has 2 aromatic rings. The zero-order valence-corrected chi connectivity index (χ0v) is 23.4. The van der Waals surface area contributed by atoms with Gasteiger partial charge in [-0.05, 0) is 58.2 Å². The van der Waals surface area contributed by atoms with Crippen LogP contribution in [0.3, 0.4) is 0 Å². The molecule has 0 saturated carbocycles. The number of esters is 2. The number of hydrogen-bond donors (Lipinski definition) is 1. The van der Waals surface area contributed by atoms with E-state index in [1.165, 1.54) is 24.0 Å². The first-order valence-corrected chi connectivity index (χ1v) is 14.4. The van der Waals surface area contributed by atoms with E-state index in [2.05, 4.69) is 5.32 Å². The van der Waals surface area contributed by atoms with Gasteiger partial charge in [-0.15, -0.1) is 11.3 Å². The highest BCUT2D eigenvalue weighted by Crippen LogP contribution is 2.34. The van der Waals surface area contributed by atoms with Crippen LogP contribution in [0.1, 0.15) is 57.8 Å². The molecule has 38 heavy (non-hydrogen) atoms. The van der Waals surface area contributed by atoms with Gasteiger partial charge in [0.15, 0.2) is 0 Å². The van der Waals surface area contributed by atoms with Crippen molar-refractivity contribution in [3.05, 3.63) is 45.8 Å². The van der Waals surface area contributed by atoms with Gasteiger partial charge in [0.1, 0.15) is 16.4 Å². The molecule has 1 aromatic carbocycles. The quantitative estimate of drug-likeness (QED) is 0.455. The van der Waals surface area contributed by atoms with E-state index in [4.69, 9.17) is 9.47 Å². The van der Waals surface area contributed by atoms with Crippen molar-refractivity contribution in [3.8, 4) is 0 Å². The topological polar surface area (TPSA) is 139 Å². The molecule has 0 bridgehead atoms. The Hall–Kier alpha value is -3.45. The summed E-state index contributed by atoms with van der Waals surface area (Å²) in [6.07, 6.45) is 1.45. The Morgan fingerprint density at radius 3 is 2.13 bits per heavy atom. The van der Waals surface area contributed by atoms with Crippen LogP contribution in [0.15, 0.2) is 29.2 Å². The van der Waals surface area contributed by atoms with Crippen LogP contribution in [0.4, 0.5) is 9.80 Å². The normalized spacial score (nSPS) is 13.2. The lowest BCUT2D eigenvalue weighted by Crippen LogP contribution is -2.48. The fraction of sp³-hybridized carbons (Fsp3) is 0.440. The Bertz CT molecular complexity index is 1310. The average molecular weight is 566 g/mol. The summed E-state index contributed by atoms with van der Waals surface area (Å²) in [5.74, 6) is -2.30. The number of thiophene rings is 1. The summed E-state index contributed by atoms with van der Waals surface area (Å²) in [5.41, 5.74) is 1.06. The zero-order chi connectivity index (χ0) is 28.0. The maximum Gasteiger partial charge on any atom is 0.348 e. The highest BCUT2D eigenvalue weighted by Gasteiger charge is 2.36. The van der Waals surface area contributed by atoms with Crippen molar-refractivity contribution >= 4 is 50.2 Å². The van der Waals surface area contributed by atoms with E-state index < -0.39 is 40.4 Å². The number of benzene rings is 1. The molecule has 0 aliphatic carbocycles. The van der Waals surface area contributed by atoms with Crippen LogP contribution >= 0.6 is 11.3 Å². The molecule has 3 amide bonds. The van der Waals surface area contributed by atoms with E-state index in [0.29, 0.717) is 17.4 Å². The summed E-state index contributed by atoms with van der Waals surface area (Å²) in [6.45, 7) is 6.65. The van der Waals surface area contributed by atoms with Gasteiger partial charge in [0, 0.05) is 13.1 Å². The molecule has 11 nitrogen and oxygen atoms in total. The van der Waals surface area contributed by atoms with E-state index in [1.54, 1.807) is 32.9 Å². The highest BCUT2D eigenvalue weighted by atomic mass is 32.2. The van der Waals surface area contributed by atoms with Gasteiger partial charge in [-0.25, -0.2) is 27.1 Å². The van der Waals surface area contributed by atoms with Crippen LogP contribution in [-0.2, 0) is 24.3 Å². The first-order valence-electron chi connectivity index (χ1n) is 12.2. The minimum atomic E-state index is -4.38. The number of ether oxygens (including phenoxy) is 2. The zero-order valence-electron chi connectivity index (χ0n) is 21.7. The largest absolute Gasteiger partial charge is 0.462 e. The standard InChI is InChI=1S/C25H31N3O8S2/c1-5-35-23(30)20-17(4)21(24(31)36-6-2)37-22(20)26-19(29)15-28(25(32)27-13-7-8-14-27)38(33,34)18-11-9-16(3)10-12-18/h9-12H,5-8,13-15H2,1-4H3,(H,26,29). The van der Waals surface area contributed by atoms with Crippen molar-refractivity contribution < 1.29 is 37.1 Å². The molecule has 3 rings (SSSR count). The Morgan fingerprint density at radius 2 is 1.55 bits per heavy atom. The van der Waals surface area contributed by atoms with Crippen LogP contribution in [0.5, 0.6) is 0 Å². The Morgan fingerprint density at radius 1 is 0.974 bits per heavy atom. The summed E-state index contributed by atoms with van der Waals surface area (Å²) < 4.78 is 37.6. The van der Waals surface area contributed by atoms with E-state index in [0.717, 1.165) is 29.7 Å². The molecule has 0 atom stereocenters. The lowest BCUT2D eigenvalue weighted by atomic mass is 10.1. The van der Waals surface area contributed by atoms with Crippen molar-refractivity contribution in [1.29, 1.82) is 0 Å². The predicted octanol–water partition coefficient (Wildman–Crippen LogP) is 3.56. The van der Waals surface area contributed by atoms with Gasteiger partial charge in [-0.1, -0.05) is 17.7 Å². The van der Waals surface area contributed by atoms with Gasteiger partial charge in [0.2, 0.25) is 5.91 Å². The van der Waals surface area contributed by atoms with E-state index in [-0.39, 0.29) is 39.1 Å². The minimum absolute atomic E-state index is 0.00434. The number of hydrogen-bond acceptors (Lipinski definition) is 9. The monoisotopic (exact) mass is 565 g/mol. The van der Waals surface area contributed by atoms with Crippen molar-refractivity contribution in [2.45, 2.75) is 45.4 Å². The minimum Gasteiger partial charge on any atom is -0.462 e. The number of aryl methyl sites for hydroxylation is 1. The third kappa shape index (κ3) is 6.33. The second-order valence-corrected chi connectivity index (χ2v) is 11.4. The highest BCUT2D eigenvalue weighted by molar-refractivity contribution is 7.89. The number of nitrogens with one attached hydrogen (secondary N) is 1. The van der Waals surface area contributed by atoms with Crippen LogP contribution in [0, 0.1) is 13.8 Å². The van der Waals surface area contributed by atoms with E-state index >= 15 is 0 Å². The lowest BCUT2D eigenvalue weighted by Gasteiger charge is -2.27. The summed E-state index contributed by atoms with van der Waals surface area (Å²) >= 11 is 0.812. The van der Waals surface area contributed by atoms with Gasteiger partial charge in [0.25, 0.3) is 10.0 Å². The Labute approximate surface area is 225 Å². The molecule has 1 saturated heterocycles. The van der Waals surface area contributed by atoms with Crippen LogP contribution < -0.4 is 5.32 Å². The first kappa shape index (κ1) is 29.1. The van der Waals surface area contributed by atoms with Gasteiger partial charge >= 0.3 is 18.0 Å². The SMILES string of the molecule is CCOC(=O)c1sc(NC(=O)CN(C(=O)N2CCCC2)S(=O)(=O)c2ccc(C)cc2)c(C(=O)OCC)c1C. The molecule has 1 fully saturated rings. The lowest BCUT2D eigenvalue weighted by molar-refractivity contribution is -0.116. The fourth-order valence-electron chi connectivity index (χ4n) is 3.90. The van der Waals surface area contributed by atoms with Gasteiger partial charge in [0.05, 0.1) is 23.7 Å². The van der Waals surface area contributed by atoms with Crippen molar-refractivity contribution in [3.63, 3.8) is 0 Å². The Kier molecular flexibility index (Phi) is 9.50. The molecular formula is C25H31N3O8S2. The molecule has 1 aromatic heterocycles. The van der Waals surface area contributed by atoms with E-state index in [9.17, 15) is 27.6 Å². The van der Waals surface area contributed by atoms with Crippen molar-refractivity contribution in [1.82, 2.24) is 9.21 Å². The number of urea groups is 1. The van der Waals surface area contributed by atoms with Crippen LogP contribution in [-0.4, -0.2) is 74.3 Å². The van der Waals surface area contributed by atoms with Crippen LogP contribution in [0.25, 0.3) is 0 Å². The number of carbonyl (C=O) groups excluding carboxylic acids is 4. The molecule has 1 aliphatic heterocycles. The molecule has 0 spiro atoms. The summed E-state index contributed by atoms with van der Waals surface area (Å²) in [5, 5.41) is 2.51. The van der Waals surface area contributed by atoms with Gasteiger partial charge in [-0.3, -0.25) is 4.79 Å². The van der Waals surface area contributed by atoms with Crippen molar-refractivity contribution in [2.24, 2.45) is 0 Å². The third-order valence-electron chi connectivity index (χ3n) is 5.83. The molecule has 13 heteroatoms. The number of sulfonamides is 1. The third-order valence-corrected chi connectivity index (χ3v) is 8.75. The maximum absolute atomic E-state index is 13.5. The number of rotatable bonds is 9. The smallest absolute Gasteiger partial charge is 0.348 e. The second kappa shape index (κ2) is 12.4. The summed E-state index contributed by atoms with van der Waals surface area (Å²) in [4.78, 5) is 52.8. The maximum atomic E-state index is 13.5. The molecule has 1 aliphatic rings. The van der Waals surface area contributed by atoms with E-state index in [1.807, 2.05) is 0 Å². The predicted molar refractivity (Wildman–Crippen MR) is 141 cm³/mol. The van der Waals surface area contributed by atoms with Crippen LogP contribution in [0.2, 0.25) is 0 Å². The number of likely N-dealkylation sites (tertiary alicyclic amines) is 1. The summed E-state index contributed by atoms with van der Waals surface area (Å²) in [7, 11) is -4.38. The average Bonchev–Trinajstić information content (AvgIpc) is 3.51. The number of carbonyl (C=O) groups is 4. The Balaban J connectivity index is 1.95. The second-order valence-electron chi connectivity index (χ2n) is 8.55. The van der Waals surface area contributed by atoms with Gasteiger partial charge < -0.3 is 19.7 Å². The number of anilines is 1. The number of amides is 3. The van der Waals surface area contributed by atoms with Crippen molar-refractivity contribution in [2.75, 3.05) is 38.2 Å². The molecular weight excluding hydrogens is 534 g/mol. The molecule has 0 unspecified atom stereocenters. The molecule has 206 valence electrons. The first-order chi connectivity index (χ1) is 18.0. The summed E-state index contributed by atoms with van der Waals surface area (Å²) in [6, 6.07) is 5.14. The molecule has 1 N–H and O–H groups in total. The fourth-order valence-corrected chi connectivity index (χ4v) is 6.35. The van der Waals surface area contributed by atoms with Gasteiger partial charge in [-0.2, -0.15) is 0 Å². The number of nitrogens with zero attached hydrogens (tertiary/aromatic N) is 2.